The predicted octanol–water partition coefficient (Wildman–Crippen LogP) is 3.27. The van der Waals surface area contributed by atoms with Crippen molar-refractivity contribution in [1.82, 2.24) is 15.3 Å². The molecule has 1 aromatic heterocycles. The van der Waals surface area contributed by atoms with E-state index in [2.05, 4.69) is 23.4 Å². The Hall–Kier alpha value is -1.00. The lowest BCUT2D eigenvalue weighted by Crippen LogP contribution is -2.38. The second kappa shape index (κ2) is 6.41. The molecule has 4 nitrogen and oxygen atoms in total. The van der Waals surface area contributed by atoms with Gasteiger partial charge in [0.1, 0.15) is 5.60 Å². The monoisotopic (exact) mass is 289 g/mol. The van der Waals surface area contributed by atoms with Crippen molar-refractivity contribution in [1.29, 1.82) is 0 Å². The van der Waals surface area contributed by atoms with Crippen LogP contribution in [0.15, 0.2) is 6.20 Å². The third kappa shape index (κ3) is 2.84. The molecule has 1 atom stereocenters. The Kier molecular flexibility index (Phi) is 4.55. The lowest BCUT2D eigenvalue weighted by Gasteiger charge is -2.39. The smallest absolute Gasteiger partial charge is 0.160 e. The number of aryl methyl sites for hydroxylation is 1. The zero-order valence-electron chi connectivity index (χ0n) is 13.3. The molecule has 3 rings (SSSR count). The van der Waals surface area contributed by atoms with Crippen LogP contribution in [0, 0.1) is 0 Å². The molecule has 2 aliphatic rings. The number of fused-ring (bicyclic) bond motifs is 1. The van der Waals surface area contributed by atoms with Crippen molar-refractivity contribution in [3.8, 4) is 0 Å². The third-order valence-electron chi connectivity index (χ3n) is 5.03. The van der Waals surface area contributed by atoms with Crippen molar-refractivity contribution in [2.75, 3.05) is 13.7 Å². The fraction of sp³-hybridized carbons (Fsp3) is 0.765. The van der Waals surface area contributed by atoms with E-state index < -0.39 is 0 Å². The molecule has 1 unspecified atom stereocenters. The highest BCUT2D eigenvalue weighted by atomic mass is 16.5. The molecule has 2 aliphatic carbocycles. The van der Waals surface area contributed by atoms with Gasteiger partial charge in [0.15, 0.2) is 5.82 Å². The molecule has 21 heavy (non-hydrogen) atoms. The van der Waals surface area contributed by atoms with Gasteiger partial charge in [-0.05, 0) is 51.5 Å². The number of aromatic nitrogens is 2. The summed E-state index contributed by atoms with van der Waals surface area (Å²) >= 11 is 0. The van der Waals surface area contributed by atoms with Crippen molar-refractivity contribution >= 4 is 0 Å². The molecular formula is C17H27N3O. The Morgan fingerprint density at radius 3 is 2.86 bits per heavy atom. The van der Waals surface area contributed by atoms with Gasteiger partial charge in [0, 0.05) is 30.6 Å². The van der Waals surface area contributed by atoms with E-state index >= 15 is 0 Å². The third-order valence-corrected chi connectivity index (χ3v) is 5.03. The highest BCUT2D eigenvalue weighted by Gasteiger charge is 2.42. The van der Waals surface area contributed by atoms with E-state index in [1.54, 1.807) is 7.11 Å². The summed E-state index contributed by atoms with van der Waals surface area (Å²) < 4.78 is 5.73. The zero-order chi connectivity index (χ0) is 14.7. The average Bonchev–Trinajstić information content (AvgIpc) is 2.66. The minimum atomic E-state index is -0.201. The van der Waals surface area contributed by atoms with Gasteiger partial charge < -0.3 is 10.1 Å². The summed E-state index contributed by atoms with van der Waals surface area (Å²) in [5, 5.41) is 3.66. The molecule has 4 heteroatoms. The topological polar surface area (TPSA) is 47.0 Å². The van der Waals surface area contributed by atoms with Crippen molar-refractivity contribution in [3.63, 3.8) is 0 Å². The molecule has 0 bridgehead atoms. The molecule has 1 aromatic rings. The fourth-order valence-electron chi connectivity index (χ4n) is 3.48. The normalized spacial score (nSPS) is 24.0. The lowest BCUT2D eigenvalue weighted by molar-refractivity contribution is -0.0848. The highest BCUT2D eigenvalue weighted by molar-refractivity contribution is 5.25. The molecule has 0 aliphatic heterocycles. The second-order valence-corrected chi connectivity index (χ2v) is 6.40. The number of hydrogen-bond acceptors (Lipinski definition) is 4. The fourth-order valence-corrected chi connectivity index (χ4v) is 3.48. The molecule has 0 aromatic carbocycles. The van der Waals surface area contributed by atoms with Crippen LogP contribution in [0.2, 0.25) is 0 Å². The van der Waals surface area contributed by atoms with Crippen molar-refractivity contribution in [2.24, 2.45) is 0 Å². The van der Waals surface area contributed by atoms with Gasteiger partial charge in [0.05, 0.1) is 0 Å². The Labute approximate surface area is 127 Å². The zero-order valence-corrected chi connectivity index (χ0v) is 13.3. The van der Waals surface area contributed by atoms with Crippen molar-refractivity contribution < 1.29 is 4.74 Å². The van der Waals surface area contributed by atoms with Gasteiger partial charge in [-0.15, -0.1) is 0 Å². The Balaban J connectivity index is 1.88. The minimum Gasteiger partial charge on any atom is -0.370 e. The highest BCUT2D eigenvalue weighted by Crippen LogP contribution is 2.43. The average molecular weight is 289 g/mol. The van der Waals surface area contributed by atoms with Crippen LogP contribution in [-0.4, -0.2) is 23.6 Å². The quantitative estimate of drug-likeness (QED) is 0.845. The molecule has 1 saturated carbocycles. The number of ether oxygens (including phenoxy) is 1. The molecule has 0 radical (unpaired) electrons. The summed E-state index contributed by atoms with van der Waals surface area (Å²) in [6.45, 7) is 3.27. The number of methoxy groups -OCH3 is 1. The molecule has 0 saturated heterocycles. The van der Waals surface area contributed by atoms with Crippen LogP contribution in [0.25, 0.3) is 0 Å². The molecule has 0 amide bonds. The van der Waals surface area contributed by atoms with Crippen LogP contribution in [0.4, 0.5) is 0 Å². The first-order valence-electron chi connectivity index (χ1n) is 8.44. The van der Waals surface area contributed by atoms with E-state index in [0.717, 1.165) is 38.1 Å². The molecule has 1 N–H and O–H groups in total. The number of rotatable bonds is 5. The largest absolute Gasteiger partial charge is 0.370 e. The maximum absolute atomic E-state index is 5.73. The molecule has 0 spiro atoms. The van der Waals surface area contributed by atoms with Crippen LogP contribution < -0.4 is 5.32 Å². The van der Waals surface area contributed by atoms with E-state index in [1.165, 1.54) is 36.9 Å². The van der Waals surface area contributed by atoms with Crippen LogP contribution in [0.3, 0.4) is 0 Å². The Bertz CT molecular complexity index is 479. The van der Waals surface area contributed by atoms with E-state index in [-0.39, 0.29) is 5.60 Å². The van der Waals surface area contributed by atoms with E-state index in [4.69, 9.17) is 9.72 Å². The Morgan fingerprint density at radius 1 is 1.33 bits per heavy atom. The molecule has 116 valence electrons. The van der Waals surface area contributed by atoms with E-state index in [1.807, 2.05) is 0 Å². The van der Waals surface area contributed by atoms with Crippen molar-refractivity contribution in [2.45, 2.75) is 69.9 Å². The van der Waals surface area contributed by atoms with Gasteiger partial charge in [-0.2, -0.15) is 0 Å². The summed E-state index contributed by atoms with van der Waals surface area (Å²) in [6.07, 6.45) is 11.3. The summed E-state index contributed by atoms with van der Waals surface area (Å²) in [7, 11) is 1.79. The van der Waals surface area contributed by atoms with Gasteiger partial charge >= 0.3 is 0 Å². The maximum Gasteiger partial charge on any atom is 0.160 e. The summed E-state index contributed by atoms with van der Waals surface area (Å²) in [5.41, 5.74) is 2.36. The van der Waals surface area contributed by atoms with Crippen LogP contribution >= 0.6 is 0 Å². The van der Waals surface area contributed by atoms with Gasteiger partial charge in [-0.25, -0.2) is 9.97 Å². The minimum absolute atomic E-state index is 0.201. The molecule has 1 fully saturated rings. The number of hydrogen-bond donors (Lipinski definition) is 1. The first-order chi connectivity index (χ1) is 10.3. The number of nitrogens with one attached hydrogen (secondary N) is 1. The SMILES string of the molecule is CCCNC1CCCCc2nc(C3(OC)CCC3)ncc21. The Morgan fingerprint density at radius 2 is 2.19 bits per heavy atom. The molecular weight excluding hydrogens is 262 g/mol. The van der Waals surface area contributed by atoms with E-state index in [0.29, 0.717) is 6.04 Å². The predicted molar refractivity (Wildman–Crippen MR) is 83.2 cm³/mol. The number of nitrogens with zero attached hydrogens (tertiary/aromatic N) is 2. The van der Waals surface area contributed by atoms with Crippen molar-refractivity contribution in [3.05, 3.63) is 23.3 Å². The van der Waals surface area contributed by atoms with Crippen LogP contribution in [0.5, 0.6) is 0 Å². The van der Waals surface area contributed by atoms with Gasteiger partial charge in [0.2, 0.25) is 0 Å². The van der Waals surface area contributed by atoms with E-state index in [9.17, 15) is 0 Å². The summed E-state index contributed by atoms with van der Waals surface area (Å²) in [4.78, 5) is 9.60. The summed E-state index contributed by atoms with van der Waals surface area (Å²) in [5.74, 6) is 0.908. The van der Waals surface area contributed by atoms with Gasteiger partial charge in [-0.3, -0.25) is 0 Å². The van der Waals surface area contributed by atoms with Crippen LogP contribution in [0.1, 0.15) is 75.0 Å². The van der Waals surface area contributed by atoms with Gasteiger partial charge in [-0.1, -0.05) is 13.3 Å². The van der Waals surface area contributed by atoms with Gasteiger partial charge in [0.25, 0.3) is 0 Å². The second-order valence-electron chi connectivity index (χ2n) is 6.40. The first kappa shape index (κ1) is 14.9. The maximum atomic E-state index is 5.73. The first-order valence-corrected chi connectivity index (χ1v) is 8.44. The van der Waals surface area contributed by atoms with Crippen LogP contribution in [-0.2, 0) is 16.8 Å². The summed E-state index contributed by atoms with van der Waals surface area (Å²) in [6, 6.07) is 0.427. The standard InChI is InChI=1S/C17H27N3O/c1-3-11-18-14-7-4-5-8-15-13(14)12-19-16(20-15)17(21-2)9-6-10-17/h12,14,18H,3-11H2,1-2H3. The molecule has 1 heterocycles. The lowest BCUT2D eigenvalue weighted by atomic mass is 9.79.